The second-order valence-electron chi connectivity index (χ2n) is 20.6. The van der Waals surface area contributed by atoms with Gasteiger partial charge in [0.2, 0.25) is 11.8 Å². The topological polar surface area (TPSA) is 175 Å². The van der Waals surface area contributed by atoms with Gasteiger partial charge in [0.1, 0.15) is 23.7 Å². The van der Waals surface area contributed by atoms with Crippen molar-refractivity contribution in [2.24, 2.45) is 17.3 Å². The lowest BCUT2D eigenvalue weighted by Gasteiger charge is -2.30. The van der Waals surface area contributed by atoms with Crippen molar-refractivity contribution in [2.75, 3.05) is 27.3 Å². The third-order valence-electron chi connectivity index (χ3n) is 15.5. The fraction of sp³-hybridized carbons (Fsp3) is 0.455. The first kappa shape index (κ1) is 46.1. The van der Waals surface area contributed by atoms with Crippen molar-refractivity contribution in [1.82, 2.24) is 40.4 Å². The van der Waals surface area contributed by atoms with Crippen LogP contribution in [0.5, 0.6) is 0 Å². The Hall–Kier alpha value is -6.70. The number of aromatic amines is 2. The van der Waals surface area contributed by atoms with Crippen LogP contribution in [0.4, 0.5) is 9.59 Å². The van der Waals surface area contributed by atoms with E-state index < -0.39 is 24.3 Å². The smallest absolute Gasteiger partial charge is 0.407 e. The Balaban J connectivity index is 0.983. The number of fused-ring (bicyclic) bond motifs is 3. The molecule has 0 bridgehead atoms. The second kappa shape index (κ2) is 18.7. The lowest BCUT2D eigenvalue weighted by atomic mass is 9.82. The molecule has 4 heterocycles. The lowest BCUT2D eigenvalue weighted by Crippen LogP contribution is -2.51. The Kier molecular flexibility index (Phi) is 12.5. The van der Waals surface area contributed by atoms with Crippen LogP contribution in [0.1, 0.15) is 114 Å². The summed E-state index contributed by atoms with van der Waals surface area (Å²) in [4.78, 5) is 73.1. The molecule has 4 atom stereocenters. The summed E-state index contributed by atoms with van der Waals surface area (Å²) >= 11 is 0. The van der Waals surface area contributed by atoms with Crippen LogP contribution >= 0.6 is 0 Å². The highest BCUT2D eigenvalue weighted by Crippen LogP contribution is 2.53. The van der Waals surface area contributed by atoms with E-state index in [0.29, 0.717) is 18.5 Å². The average Bonchev–Trinajstić information content (AvgIpc) is 4.22. The van der Waals surface area contributed by atoms with Crippen LogP contribution in [0, 0.1) is 17.3 Å². The van der Waals surface area contributed by atoms with E-state index >= 15 is 0 Å². The lowest BCUT2D eigenvalue weighted by molar-refractivity contribution is -0.136. The molecular weight excluding hydrogens is 869 g/mol. The molecule has 2 aliphatic heterocycles. The van der Waals surface area contributed by atoms with E-state index in [2.05, 4.69) is 87.3 Å². The maximum Gasteiger partial charge on any atom is 0.407 e. The molecule has 2 aromatic heterocycles. The van der Waals surface area contributed by atoms with E-state index in [0.717, 1.165) is 94.4 Å². The molecule has 0 radical (unpaired) electrons. The molecule has 1 saturated carbocycles. The molecule has 4 N–H and O–H groups in total. The fourth-order valence-corrected chi connectivity index (χ4v) is 12.0. The molecule has 4 aliphatic rings. The van der Waals surface area contributed by atoms with E-state index in [-0.39, 0.29) is 35.7 Å². The van der Waals surface area contributed by atoms with Crippen LogP contribution in [0.3, 0.4) is 0 Å². The van der Waals surface area contributed by atoms with Gasteiger partial charge in [-0.2, -0.15) is 0 Å². The first-order valence-electron chi connectivity index (χ1n) is 24.9. The Bertz CT molecular complexity index is 2950. The highest BCUT2D eigenvalue weighted by atomic mass is 16.5. The van der Waals surface area contributed by atoms with Crippen LogP contribution in [0.25, 0.3) is 55.3 Å². The number of hydrogen-bond acceptors (Lipinski definition) is 8. The molecule has 3 fully saturated rings. The first-order chi connectivity index (χ1) is 33.3. The maximum absolute atomic E-state index is 13.9. The normalized spacial score (nSPS) is 19.5. The number of imidazole rings is 2. The van der Waals surface area contributed by atoms with Crippen molar-refractivity contribution in [2.45, 2.75) is 116 Å². The molecule has 10 rings (SSSR count). The Morgan fingerprint density at radius 2 is 1.29 bits per heavy atom. The van der Waals surface area contributed by atoms with Gasteiger partial charge in [-0.3, -0.25) is 9.59 Å². The Labute approximate surface area is 403 Å². The number of carbonyl (C=O) groups is 4. The third kappa shape index (κ3) is 8.60. The van der Waals surface area contributed by atoms with Crippen LogP contribution < -0.4 is 10.6 Å². The molecule has 14 heteroatoms. The average molecular weight is 933 g/mol. The molecule has 0 unspecified atom stereocenters. The predicted octanol–water partition coefficient (Wildman–Crippen LogP) is 10.2. The van der Waals surface area contributed by atoms with Crippen molar-refractivity contribution in [3.8, 4) is 33.5 Å². The number of likely N-dealkylation sites (tertiary alicyclic amines) is 2. The number of nitrogens with zero attached hydrogens (tertiary/aromatic N) is 4. The van der Waals surface area contributed by atoms with Crippen molar-refractivity contribution in [3.05, 3.63) is 95.7 Å². The number of rotatable bonds is 11. The number of carbonyl (C=O) groups excluding carboxylic acids is 4. The third-order valence-corrected chi connectivity index (χ3v) is 15.5. The SMILES string of the molecule is COC(=O)N[C@H](C(=O)N1CCC[C@H]1c1ncc(-c2ccc(-c3cc(-c4ccc5nc([C@@H]6CCCN6C(=O)[C@@H](NC(=O)OC)C(C)C)[nH]c5c4)cc4c3CC3(CCCC3)C4)c3ccccc23)[nH]1)C(C)C. The summed E-state index contributed by atoms with van der Waals surface area (Å²) in [5.41, 5.74) is 11.6. The Morgan fingerprint density at radius 1 is 0.681 bits per heavy atom. The van der Waals surface area contributed by atoms with E-state index in [4.69, 9.17) is 19.4 Å². The molecule has 69 heavy (non-hydrogen) atoms. The van der Waals surface area contributed by atoms with Crippen molar-refractivity contribution in [1.29, 1.82) is 0 Å². The van der Waals surface area contributed by atoms with Gasteiger partial charge < -0.3 is 39.9 Å². The van der Waals surface area contributed by atoms with Gasteiger partial charge in [0.05, 0.1) is 49.2 Å². The minimum absolute atomic E-state index is 0.117. The van der Waals surface area contributed by atoms with Crippen molar-refractivity contribution < 1.29 is 28.7 Å². The number of methoxy groups -OCH3 is 2. The summed E-state index contributed by atoms with van der Waals surface area (Å²) in [5, 5.41) is 7.78. The van der Waals surface area contributed by atoms with Crippen molar-refractivity contribution in [3.63, 3.8) is 0 Å². The molecule has 2 aliphatic carbocycles. The van der Waals surface area contributed by atoms with Gasteiger partial charge in [0.15, 0.2) is 0 Å². The van der Waals surface area contributed by atoms with Gasteiger partial charge in [-0.25, -0.2) is 19.6 Å². The van der Waals surface area contributed by atoms with Crippen LogP contribution in [-0.4, -0.2) is 93.1 Å². The highest BCUT2D eigenvalue weighted by molar-refractivity contribution is 6.05. The highest BCUT2D eigenvalue weighted by Gasteiger charge is 2.42. The summed E-state index contributed by atoms with van der Waals surface area (Å²) in [6.07, 6.45) is 11.1. The standard InChI is InChI=1S/C55H64N8O6/c1-31(2)47(60-53(66)68-5)51(64)62-23-11-15-45(62)49-56-30-44(59-49)39-19-18-38(36-13-7-8-14-37(36)39)40-26-34(25-35-28-55(29-41(35)40)21-9-10-22-55)33-17-20-42-43(27-33)58-50(57-42)46-16-12-24-63(46)52(65)48(32(3)4)61-54(67)69-6/h7-8,13-14,17-20,25-27,30-32,45-48H,9-12,15-16,21-24,28-29H2,1-6H3,(H,56,59)(H,57,58)(H,60,66)(H,61,67)/t45-,46-,47-,48-/m0/s1. The summed E-state index contributed by atoms with van der Waals surface area (Å²) in [6.45, 7) is 8.87. The minimum Gasteiger partial charge on any atom is -0.453 e. The van der Waals surface area contributed by atoms with Gasteiger partial charge in [-0.1, -0.05) is 89.1 Å². The maximum atomic E-state index is 13.9. The zero-order valence-corrected chi connectivity index (χ0v) is 40.6. The molecule has 360 valence electrons. The number of H-pyrrole nitrogens is 2. The number of nitrogens with one attached hydrogen (secondary N) is 4. The quantitative estimate of drug-likeness (QED) is 0.0993. The second-order valence-corrected chi connectivity index (χ2v) is 20.6. The van der Waals surface area contributed by atoms with E-state index in [9.17, 15) is 19.2 Å². The first-order valence-corrected chi connectivity index (χ1v) is 24.9. The predicted molar refractivity (Wildman–Crippen MR) is 266 cm³/mol. The molecule has 4 aromatic carbocycles. The van der Waals surface area contributed by atoms with Crippen LogP contribution in [0.2, 0.25) is 0 Å². The van der Waals surface area contributed by atoms with E-state index in [1.165, 1.54) is 62.2 Å². The monoisotopic (exact) mass is 932 g/mol. The zero-order valence-electron chi connectivity index (χ0n) is 40.6. The summed E-state index contributed by atoms with van der Waals surface area (Å²) in [6, 6.07) is 22.5. The summed E-state index contributed by atoms with van der Waals surface area (Å²) < 4.78 is 9.69. The fourth-order valence-electron chi connectivity index (χ4n) is 12.0. The van der Waals surface area contributed by atoms with Gasteiger partial charge in [0, 0.05) is 18.7 Å². The number of amides is 4. The zero-order chi connectivity index (χ0) is 48.1. The largest absolute Gasteiger partial charge is 0.453 e. The summed E-state index contributed by atoms with van der Waals surface area (Å²) in [7, 11) is 2.61. The molecule has 6 aromatic rings. The number of aromatic nitrogens is 4. The number of hydrogen-bond donors (Lipinski definition) is 4. The summed E-state index contributed by atoms with van der Waals surface area (Å²) in [5.74, 6) is 0.991. The molecule has 4 amide bonds. The van der Waals surface area contributed by atoms with E-state index in [1.807, 2.05) is 43.7 Å². The van der Waals surface area contributed by atoms with Gasteiger partial charge in [0.25, 0.3) is 0 Å². The minimum atomic E-state index is -0.705. The molecule has 14 nitrogen and oxygen atoms in total. The van der Waals surface area contributed by atoms with Gasteiger partial charge in [-0.05, 0) is 131 Å². The van der Waals surface area contributed by atoms with Crippen LogP contribution in [-0.2, 0) is 31.9 Å². The number of alkyl carbamates (subject to hydrolysis) is 2. The Morgan fingerprint density at radius 3 is 1.91 bits per heavy atom. The molecular formula is C55H64N8O6. The van der Waals surface area contributed by atoms with Crippen molar-refractivity contribution >= 4 is 45.8 Å². The molecule has 1 spiro atoms. The molecule has 2 saturated heterocycles. The number of benzene rings is 4. The number of ether oxygens (including phenoxy) is 2. The van der Waals surface area contributed by atoms with Gasteiger partial charge in [-0.15, -0.1) is 0 Å². The van der Waals surface area contributed by atoms with Crippen LogP contribution in [0.15, 0.2) is 72.9 Å². The van der Waals surface area contributed by atoms with Gasteiger partial charge >= 0.3 is 12.2 Å². The van der Waals surface area contributed by atoms with E-state index in [1.54, 1.807) is 0 Å².